The van der Waals surface area contributed by atoms with Gasteiger partial charge in [-0.1, -0.05) is 0 Å². The zero-order chi connectivity index (χ0) is 12.2. The third-order valence-corrected chi connectivity index (χ3v) is 4.15. The van der Waals surface area contributed by atoms with E-state index in [0.717, 1.165) is 17.4 Å². The molecule has 0 radical (unpaired) electrons. The van der Waals surface area contributed by atoms with Crippen molar-refractivity contribution in [3.05, 3.63) is 0 Å². The summed E-state index contributed by atoms with van der Waals surface area (Å²) in [5.41, 5.74) is 5.06. The Morgan fingerprint density at radius 1 is 1.50 bits per heavy atom. The summed E-state index contributed by atoms with van der Waals surface area (Å²) in [5, 5.41) is 3.13. The predicted molar refractivity (Wildman–Crippen MR) is 59.8 cm³/mol. The van der Waals surface area contributed by atoms with Crippen molar-refractivity contribution in [1.29, 1.82) is 0 Å². The minimum atomic E-state index is -3.60. The van der Waals surface area contributed by atoms with E-state index >= 15 is 0 Å². The van der Waals surface area contributed by atoms with Gasteiger partial charge < -0.3 is 11.1 Å². The lowest BCUT2D eigenvalue weighted by Crippen LogP contribution is -2.52. The normalized spacial score (nSPS) is 18.9. The van der Waals surface area contributed by atoms with Crippen LogP contribution in [0.15, 0.2) is 0 Å². The molecule has 1 amide bonds. The van der Waals surface area contributed by atoms with Gasteiger partial charge in [0.2, 0.25) is 5.91 Å². The zero-order valence-electron chi connectivity index (χ0n) is 9.27. The van der Waals surface area contributed by atoms with E-state index in [-0.39, 0.29) is 12.6 Å². The molecular formula is C8H18N4O3S. The Bertz CT molecular complexity index is 337. The predicted octanol–water partition coefficient (Wildman–Crippen LogP) is -2.01. The number of nitrogens with one attached hydrogen (secondary N) is 2. The van der Waals surface area contributed by atoms with Crippen LogP contribution in [-0.4, -0.2) is 51.4 Å². The number of hydrogen-bond donors (Lipinski definition) is 3. The fraction of sp³-hybridized carbons (Fsp3) is 0.875. The molecule has 0 aliphatic carbocycles. The number of primary amides is 1. The molecule has 0 aromatic carbocycles. The van der Waals surface area contributed by atoms with Crippen molar-refractivity contribution in [2.24, 2.45) is 5.73 Å². The van der Waals surface area contributed by atoms with Crippen LogP contribution in [0, 0.1) is 0 Å². The van der Waals surface area contributed by atoms with E-state index in [1.54, 1.807) is 0 Å². The largest absolute Gasteiger partial charge is 0.369 e. The van der Waals surface area contributed by atoms with Crippen molar-refractivity contribution >= 4 is 16.1 Å². The Balaban J connectivity index is 2.81. The van der Waals surface area contributed by atoms with E-state index in [0.29, 0.717) is 12.8 Å². The summed E-state index contributed by atoms with van der Waals surface area (Å²) in [6.07, 6.45) is 1.38. The standard InChI is InChI=1S/C8H18N4O3S/c1-10-16(14,15)12(6-8(9)13)7-2-4-11-5-3-7/h7,10-11H,2-6H2,1H3,(H2,9,13). The maximum absolute atomic E-state index is 11.7. The van der Waals surface area contributed by atoms with Gasteiger partial charge in [-0.3, -0.25) is 4.79 Å². The van der Waals surface area contributed by atoms with Crippen LogP contribution in [-0.2, 0) is 15.0 Å². The zero-order valence-corrected chi connectivity index (χ0v) is 10.1. The molecule has 1 aliphatic rings. The monoisotopic (exact) mass is 250 g/mol. The van der Waals surface area contributed by atoms with Gasteiger partial charge in [0.15, 0.2) is 0 Å². The fourth-order valence-electron chi connectivity index (χ4n) is 1.78. The SMILES string of the molecule is CNS(=O)(=O)N(CC(N)=O)C1CCNCC1. The van der Waals surface area contributed by atoms with E-state index in [1.807, 2.05) is 0 Å². The second kappa shape index (κ2) is 5.58. The Labute approximate surface area is 95.5 Å². The third kappa shape index (κ3) is 3.41. The molecule has 0 spiro atoms. The minimum absolute atomic E-state index is 0.161. The lowest BCUT2D eigenvalue weighted by Gasteiger charge is -2.32. The van der Waals surface area contributed by atoms with Crippen LogP contribution in [0.4, 0.5) is 0 Å². The van der Waals surface area contributed by atoms with Gasteiger partial charge in [0.1, 0.15) is 0 Å². The highest BCUT2D eigenvalue weighted by atomic mass is 32.2. The minimum Gasteiger partial charge on any atom is -0.369 e. The smallest absolute Gasteiger partial charge is 0.279 e. The number of carbonyl (C=O) groups excluding carboxylic acids is 1. The highest BCUT2D eigenvalue weighted by molar-refractivity contribution is 7.87. The van der Waals surface area contributed by atoms with Crippen molar-refractivity contribution in [3.63, 3.8) is 0 Å². The van der Waals surface area contributed by atoms with Gasteiger partial charge in [0.05, 0.1) is 6.54 Å². The number of piperidine rings is 1. The molecule has 7 nitrogen and oxygen atoms in total. The second-order valence-electron chi connectivity index (χ2n) is 3.70. The van der Waals surface area contributed by atoms with E-state index in [4.69, 9.17) is 5.73 Å². The topological polar surface area (TPSA) is 105 Å². The number of nitrogens with zero attached hydrogens (tertiary/aromatic N) is 1. The van der Waals surface area contributed by atoms with Crippen molar-refractivity contribution in [1.82, 2.24) is 14.3 Å². The van der Waals surface area contributed by atoms with Gasteiger partial charge in [-0.05, 0) is 25.9 Å². The van der Waals surface area contributed by atoms with Crippen LogP contribution in [0.5, 0.6) is 0 Å². The molecular weight excluding hydrogens is 232 g/mol. The van der Waals surface area contributed by atoms with Crippen LogP contribution in [0.3, 0.4) is 0 Å². The van der Waals surface area contributed by atoms with E-state index < -0.39 is 16.1 Å². The van der Waals surface area contributed by atoms with Crippen molar-refractivity contribution in [2.75, 3.05) is 26.7 Å². The van der Waals surface area contributed by atoms with Gasteiger partial charge >= 0.3 is 0 Å². The summed E-state index contributed by atoms with van der Waals surface area (Å²) in [7, 11) is -2.28. The number of carbonyl (C=O) groups is 1. The van der Waals surface area contributed by atoms with Crippen LogP contribution < -0.4 is 15.8 Å². The molecule has 1 heterocycles. The van der Waals surface area contributed by atoms with Crippen LogP contribution in [0.25, 0.3) is 0 Å². The molecule has 1 rings (SSSR count). The van der Waals surface area contributed by atoms with E-state index in [2.05, 4.69) is 10.0 Å². The first-order chi connectivity index (χ1) is 7.47. The summed E-state index contributed by atoms with van der Waals surface area (Å²) >= 11 is 0. The molecule has 16 heavy (non-hydrogen) atoms. The Morgan fingerprint density at radius 2 is 2.06 bits per heavy atom. The summed E-state index contributed by atoms with van der Waals surface area (Å²) in [4.78, 5) is 10.9. The summed E-state index contributed by atoms with van der Waals surface area (Å²) in [6, 6.07) is -0.161. The van der Waals surface area contributed by atoms with Gasteiger partial charge in [0, 0.05) is 13.1 Å². The molecule has 8 heteroatoms. The molecule has 0 aromatic rings. The summed E-state index contributed by atoms with van der Waals surface area (Å²) in [5.74, 6) is -0.641. The van der Waals surface area contributed by atoms with E-state index in [1.165, 1.54) is 7.05 Å². The molecule has 0 saturated carbocycles. The molecule has 0 unspecified atom stereocenters. The summed E-state index contributed by atoms with van der Waals surface area (Å²) < 4.78 is 26.8. The molecule has 0 bridgehead atoms. The summed E-state index contributed by atoms with van der Waals surface area (Å²) in [6.45, 7) is 1.23. The molecule has 94 valence electrons. The molecule has 0 aromatic heterocycles. The maximum Gasteiger partial charge on any atom is 0.279 e. The number of hydrogen-bond acceptors (Lipinski definition) is 4. The van der Waals surface area contributed by atoms with Gasteiger partial charge in [-0.25, -0.2) is 4.72 Å². The first-order valence-corrected chi connectivity index (χ1v) is 6.60. The van der Waals surface area contributed by atoms with Gasteiger partial charge in [0.25, 0.3) is 10.2 Å². The average molecular weight is 250 g/mol. The molecule has 1 fully saturated rings. The van der Waals surface area contributed by atoms with Gasteiger partial charge in [-0.15, -0.1) is 0 Å². The van der Waals surface area contributed by atoms with Crippen LogP contribution in [0.2, 0.25) is 0 Å². The molecule has 1 aliphatic heterocycles. The Hall–Kier alpha value is -0.700. The highest BCUT2D eigenvalue weighted by Gasteiger charge is 2.30. The molecule has 0 atom stereocenters. The van der Waals surface area contributed by atoms with Crippen LogP contribution >= 0.6 is 0 Å². The molecule has 4 N–H and O–H groups in total. The number of nitrogens with two attached hydrogens (primary N) is 1. The first kappa shape index (κ1) is 13.4. The first-order valence-electron chi connectivity index (χ1n) is 5.16. The molecule has 1 saturated heterocycles. The van der Waals surface area contributed by atoms with Crippen LogP contribution in [0.1, 0.15) is 12.8 Å². The fourth-order valence-corrected chi connectivity index (χ4v) is 2.91. The van der Waals surface area contributed by atoms with Crippen molar-refractivity contribution in [2.45, 2.75) is 18.9 Å². The Kier molecular flexibility index (Phi) is 4.66. The lowest BCUT2D eigenvalue weighted by molar-refractivity contribution is -0.118. The number of rotatable bonds is 5. The average Bonchev–Trinajstić information content (AvgIpc) is 2.27. The maximum atomic E-state index is 11.7. The van der Waals surface area contributed by atoms with E-state index in [9.17, 15) is 13.2 Å². The Morgan fingerprint density at radius 3 is 2.50 bits per heavy atom. The number of amides is 1. The van der Waals surface area contributed by atoms with Gasteiger partial charge in [-0.2, -0.15) is 12.7 Å². The third-order valence-electron chi connectivity index (χ3n) is 2.59. The lowest BCUT2D eigenvalue weighted by atomic mass is 10.1. The van der Waals surface area contributed by atoms with Crippen molar-refractivity contribution in [3.8, 4) is 0 Å². The van der Waals surface area contributed by atoms with Crippen molar-refractivity contribution < 1.29 is 13.2 Å². The highest BCUT2D eigenvalue weighted by Crippen LogP contribution is 2.14. The second-order valence-corrected chi connectivity index (χ2v) is 5.53. The quantitative estimate of drug-likeness (QED) is 0.524.